The Bertz CT molecular complexity index is 529. The fraction of sp³-hybridized carbons (Fsp3) is 0.944. The molecule has 0 spiro atoms. The second-order valence-electron chi connectivity index (χ2n) is 9.41. The van der Waals surface area contributed by atoms with Gasteiger partial charge in [0, 0.05) is 0 Å². The SMILES string of the molecule is CC1(C)C(=O)C(C)(C)C1(Cl)SSSC1(Cl)C2CC3CC(C2)CC1C3. The number of rotatable bonds is 4. The fourth-order valence-corrected chi connectivity index (χ4v) is 14.3. The Morgan fingerprint density at radius 1 is 0.833 bits per heavy atom. The first-order valence-electron chi connectivity index (χ1n) is 8.98. The van der Waals surface area contributed by atoms with Crippen molar-refractivity contribution in [1.82, 2.24) is 0 Å². The Morgan fingerprint density at radius 3 is 1.75 bits per heavy atom. The van der Waals surface area contributed by atoms with Gasteiger partial charge in [-0.15, -0.1) is 23.2 Å². The molecule has 6 heteroatoms. The third kappa shape index (κ3) is 2.28. The van der Waals surface area contributed by atoms with Gasteiger partial charge in [0.15, 0.2) is 0 Å². The number of alkyl halides is 2. The third-order valence-corrected chi connectivity index (χ3v) is 15.4. The smallest absolute Gasteiger partial charge is 0.149 e. The highest BCUT2D eigenvalue weighted by Crippen LogP contribution is 2.74. The minimum Gasteiger partial charge on any atom is -0.298 e. The lowest BCUT2D eigenvalue weighted by Gasteiger charge is -2.61. The van der Waals surface area contributed by atoms with Gasteiger partial charge < -0.3 is 0 Å². The third-order valence-electron chi connectivity index (χ3n) is 7.31. The molecule has 5 rings (SSSR count). The van der Waals surface area contributed by atoms with Gasteiger partial charge in [0.05, 0.1) is 10.8 Å². The Balaban J connectivity index is 1.44. The van der Waals surface area contributed by atoms with Crippen LogP contribution in [-0.2, 0) is 4.79 Å². The highest BCUT2D eigenvalue weighted by Gasteiger charge is 2.72. The Morgan fingerprint density at radius 2 is 1.29 bits per heavy atom. The molecule has 5 aliphatic rings. The molecule has 24 heavy (non-hydrogen) atoms. The maximum absolute atomic E-state index is 12.4. The first-order valence-corrected chi connectivity index (χ1v) is 13.2. The normalized spacial score (nSPS) is 46.8. The van der Waals surface area contributed by atoms with Crippen molar-refractivity contribution >= 4 is 60.4 Å². The summed E-state index contributed by atoms with van der Waals surface area (Å²) in [5.74, 6) is 3.43. The van der Waals surface area contributed by atoms with Gasteiger partial charge >= 0.3 is 0 Å². The Labute approximate surface area is 167 Å². The average molecular weight is 426 g/mol. The van der Waals surface area contributed by atoms with Crippen LogP contribution >= 0.6 is 54.6 Å². The van der Waals surface area contributed by atoms with Gasteiger partial charge in [0.25, 0.3) is 0 Å². The molecule has 0 radical (unpaired) electrons. The summed E-state index contributed by atoms with van der Waals surface area (Å²) in [6.45, 7) is 7.91. The summed E-state index contributed by atoms with van der Waals surface area (Å²) in [6, 6.07) is 0. The van der Waals surface area contributed by atoms with Crippen molar-refractivity contribution in [2.45, 2.75) is 68.2 Å². The summed E-state index contributed by atoms with van der Waals surface area (Å²) in [7, 11) is 5.25. The summed E-state index contributed by atoms with van der Waals surface area (Å²) in [4.78, 5) is 12.4. The minimum absolute atomic E-state index is 0.125. The molecule has 1 nitrogen and oxygen atoms in total. The summed E-state index contributed by atoms with van der Waals surface area (Å²) in [5, 5.41) is 0. The van der Waals surface area contributed by atoms with Crippen LogP contribution in [0, 0.1) is 34.5 Å². The molecule has 0 N–H and O–H groups in total. The number of ketones is 1. The van der Waals surface area contributed by atoms with Gasteiger partial charge in [-0.05, 0) is 65.6 Å². The molecular weight excluding hydrogens is 399 g/mol. The second kappa shape index (κ2) is 5.65. The van der Waals surface area contributed by atoms with Crippen LogP contribution in [0.1, 0.15) is 59.8 Å². The zero-order chi connectivity index (χ0) is 17.5. The van der Waals surface area contributed by atoms with Gasteiger partial charge in [-0.25, -0.2) is 0 Å². The van der Waals surface area contributed by atoms with E-state index in [1.54, 1.807) is 20.6 Å². The molecule has 0 heterocycles. The molecular formula is C18H26Cl2OS3. The van der Waals surface area contributed by atoms with Gasteiger partial charge in [-0.2, -0.15) is 0 Å². The molecule has 0 aromatic carbocycles. The van der Waals surface area contributed by atoms with E-state index in [4.69, 9.17) is 23.2 Å². The molecule has 5 aliphatic carbocycles. The quantitative estimate of drug-likeness (QED) is 0.357. The number of hydrogen-bond acceptors (Lipinski definition) is 4. The van der Waals surface area contributed by atoms with Crippen molar-refractivity contribution in [3.8, 4) is 0 Å². The van der Waals surface area contributed by atoms with Crippen LogP contribution in [0.4, 0.5) is 0 Å². The number of halogens is 2. The molecule has 4 bridgehead atoms. The second-order valence-corrected chi connectivity index (χ2v) is 15.4. The maximum atomic E-state index is 12.4. The molecule has 0 unspecified atom stereocenters. The van der Waals surface area contributed by atoms with Gasteiger partial charge in [0.1, 0.15) is 14.2 Å². The topological polar surface area (TPSA) is 17.1 Å². The van der Waals surface area contributed by atoms with E-state index >= 15 is 0 Å². The van der Waals surface area contributed by atoms with Crippen LogP contribution in [0.25, 0.3) is 0 Å². The molecule has 0 aliphatic heterocycles. The largest absolute Gasteiger partial charge is 0.298 e. The van der Waals surface area contributed by atoms with Crippen LogP contribution in [0.2, 0.25) is 0 Å². The van der Waals surface area contributed by atoms with Crippen molar-refractivity contribution in [2.75, 3.05) is 0 Å². The summed E-state index contributed by atoms with van der Waals surface area (Å²) < 4.78 is -0.686. The Hall–Kier alpha value is 1.30. The number of carbonyl (C=O) groups is 1. The van der Waals surface area contributed by atoms with Crippen molar-refractivity contribution in [1.29, 1.82) is 0 Å². The van der Waals surface area contributed by atoms with Gasteiger partial charge in [-0.3, -0.25) is 4.79 Å². The van der Waals surface area contributed by atoms with E-state index in [9.17, 15) is 4.79 Å². The highest BCUT2D eigenvalue weighted by molar-refractivity contribution is 9.10. The zero-order valence-electron chi connectivity index (χ0n) is 14.7. The van der Waals surface area contributed by atoms with E-state index < -0.39 is 15.0 Å². The predicted octanol–water partition coefficient (Wildman–Crippen LogP) is 6.98. The first kappa shape index (κ1) is 18.7. The van der Waals surface area contributed by atoms with Crippen LogP contribution in [0.5, 0.6) is 0 Å². The van der Waals surface area contributed by atoms with Crippen molar-refractivity contribution < 1.29 is 4.79 Å². The summed E-state index contributed by atoms with van der Waals surface area (Å²) in [5.41, 5.74) is -0.973. The van der Waals surface area contributed by atoms with E-state index in [0.29, 0.717) is 11.8 Å². The van der Waals surface area contributed by atoms with E-state index in [2.05, 4.69) is 0 Å². The first-order chi connectivity index (χ1) is 11.0. The van der Waals surface area contributed by atoms with Crippen molar-refractivity contribution in [2.24, 2.45) is 34.5 Å². The zero-order valence-corrected chi connectivity index (χ0v) is 18.7. The van der Waals surface area contributed by atoms with Crippen LogP contribution < -0.4 is 0 Å². The van der Waals surface area contributed by atoms with E-state index in [1.807, 2.05) is 38.5 Å². The molecule has 0 atom stereocenters. The van der Waals surface area contributed by atoms with Gasteiger partial charge in [0.2, 0.25) is 0 Å². The number of carbonyl (C=O) groups excluding carboxylic acids is 1. The molecule has 0 saturated heterocycles. The molecule has 136 valence electrons. The molecule has 5 fully saturated rings. The predicted molar refractivity (Wildman–Crippen MR) is 110 cm³/mol. The summed E-state index contributed by atoms with van der Waals surface area (Å²) in [6.07, 6.45) is 6.71. The molecule has 0 aromatic rings. The molecule has 0 amide bonds. The lowest BCUT2D eigenvalue weighted by Crippen LogP contribution is -2.69. The lowest BCUT2D eigenvalue weighted by molar-refractivity contribution is -0.153. The lowest BCUT2D eigenvalue weighted by atomic mass is 9.54. The maximum Gasteiger partial charge on any atom is 0.149 e. The fourth-order valence-electron chi connectivity index (χ4n) is 6.08. The van der Waals surface area contributed by atoms with E-state index in [1.165, 1.54) is 32.1 Å². The standard InChI is InChI=1S/C18H26Cl2OS3/c1-15(2)14(21)16(3,4)18(15,20)23-24-22-17(19)12-6-10-5-11(8-12)9-13(17)7-10/h10-13H,5-9H2,1-4H3. The highest BCUT2D eigenvalue weighted by atomic mass is 35.5. The van der Waals surface area contributed by atoms with Crippen molar-refractivity contribution in [3.05, 3.63) is 0 Å². The molecule has 0 aromatic heterocycles. The van der Waals surface area contributed by atoms with Crippen LogP contribution in [0.3, 0.4) is 0 Å². The average Bonchev–Trinajstić information content (AvgIpc) is 2.50. The van der Waals surface area contributed by atoms with E-state index in [0.717, 1.165) is 11.8 Å². The van der Waals surface area contributed by atoms with Crippen LogP contribution in [-0.4, -0.2) is 14.2 Å². The number of hydrogen-bond donors (Lipinski definition) is 0. The van der Waals surface area contributed by atoms with Crippen LogP contribution in [0.15, 0.2) is 0 Å². The number of Topliss-reactive ketones (excluding diaryl/α,β-unsaturated/α-hetero) is 1. The van der Waals surface area contributed by atoms with Crippen molar-refractivity contribution in [3.63, 3.8) is 0 Å². The van der Waals surface area contributed by atoms with E-state index in [-0.39, 0.29) is 9.99 Å². The van der Waals surface area contributed by atoms with Gasteiger partial charge in [-0.1, -0.05) is 49.3 Å². The summed E-state index contributed by atoms with van der Waals surface area (Å²) >= 11 is 14.2. The molecule has 5 saturated carbocycles. The monoisotopic (exact) mass is 424 g/mol. The Kier molecular flexibility index (Phi) is 4.40. The minimum atomic E-state index is -0.562.